The molecule has 1 aliphatic rings. The summed E-state index contributed by atoms with van der Waals surface area (Å²) in [6, 6.07) is 4.90. The minimum absolute atomic E-state index is 0.102. The lowest BCUT2D eigenvalue weighted by molar-refractivity contribution is -0.130. The molecule has 0 aliphatic carbocycles. The summed E-state index contributed by atoms with van der Waals surface area (Å²) in [5, 5.41) is 0.514. The van der Waals surface area contributed by atoms with E-state index in [4.69, 9.17) is 17.3 Å². The van der Waals surface area contributed by atoms with Crippen LogP contribution in [0.3, 0.4) is 0 Å². The summed E-state index contributed by atoms with van der Waals surface area (Å²) in [7, 11) is 0. The summed E-state index contributed by atoms with van der Waals surface area (Å²) in [5.74, 6) is 0.0327. The van der Waals surface area contributed by atoms with Crippen LogP contribution in [-0.4, -0.2) is 47.8 Å². The molecule has 1 aliphatic heterocycles. The maximum absolute atomic E-state index is 12.5. The maximum Gasteiger partial charge on any atom is 0.256 e. The normalized spacial score (nSPS) is 15.7. The lowest BCUT2D eigenvalue weighted by Crippen LogP contribution is -2.37. The van der Waals surface area contributed by atoms with Crippen LogP contribution in [0, 0.1) is 0 Å². The van der Waals surface area contributed by atoms with Gasteiger partial charge in [-0.3, -0.25) is 9.59 Å². The molecule has 0 bridgehead atoms. The van der Waals surface area contributed by atoms with Gasteiger partial charge >= 0.3 is 0 Å². The number of nitrogens with zero attached hydrogens (tertiary/aromatic N) is 2. The topological polar surface area (TPSA) is 66.6 Å². The number of nitrogens with two attached hydrogens (primary N) is 1. The highest BCUT2D eigenvalue weighted by Gasteiger charge is 2.23. The number of amides is 2. The molecule has 6 heteroatoms. The van der Waals surface area contributed by atoms with Crippen molar-refractivity contribution < 1.29 is 9.59 Å². The number of hydrogen-bond acceptors (Lipinski definition) is 3. The number of halogens is 1. The molecule has 1 aromatic carbocycles. The van der Waals surface area contributed by atoms with Gasteiger partial charge < -0.3 is 15.5 Å². The van der Waals surface area contributed by atoms with Crippen LogP contribution in [0.25, 0.3) is 0 Å². The molecule has 2 N–H and O–H groups in total. The Morgan fingerprint density at radius 2 is 1.86 bits per heavy atom. The Bertz CT molecular complexity index is 548. The number of anilines is 1. The summed E-state index contributed by atoms with van der Waals surface area (Å²) < 4.78 is 0. The molecule has 0 atom stereocenters. The molecule has 0 spiro atoms. The van der Waals surface area contributed by atoms with E-state index in [0.29, 0.717) is 48.9 Å². The fourth-order valence-electron chi connectivity index (χ4n) is 2.49. The molecular formula is C15H20ClN3O2. The van der Waals surface area contributed by atoms with Crippen LogP contribution in [-0.2, 0) is 4.79 Å². The maximum atomic E-state index is 12.5. The molecule has 2 amide bonds. The van der Waals surface area contributed by atoms with Crippen LogP contribution in [0.15, 0.2) is 18.2 Å². The third kappa shape index (κ3) is 3.67. The second-order valence-corrected chi connectivity index (χ2v) is 5.55. The van der Waals surface area contributed by atoms with E-state index in [1.807, 2.05) is 11.8 Å². The molecule has 0 saturated carbocycles. The molecule has 1 aromatic rings. The molecule has 1 heterocycles. The van der Waals surface area contributed by atoms with Crippen molar-refractivity contribution in [1.29, 1.82) is 0 Å². The molecule has 5 nitrogen and oxygen atoms in total. The number of rotatable bonds is 2. The van der Waals surface area contributed by atoms with Crippen molar-refractivity contribution in [3.05, 3.63) is 28.8 Å². The van der Waals surface area contributed by atoms with Gasteiger partial charge in [-0.25, -0.2) is 0 Å². The molecule has 21 heavy (non-hydrogen) atoms. The molecular weight excluding hydrogens is 290 g/mol. The second kappa shape index (κ2) is 6.80. The summed E-state index contributed by atoms with van der Waals surface area (Å²) in [6.07, 6.45) is 1.28. The van der Waals surface area contributed by atoms with Crippen molar-refractivity contribution in [2.45, 2.75) is 19.8 Å². The van der Waals surface area contributed by atoms with E-state index in [-0.39, 0.29) is 11.8 Å². The van der Waals surface area contributed by atoms with Gasteiger partial charge in [0.2, 0.25) is 5.91 Å². The standard InChI is InChI=1S/C15H20ClN3O2/c1-2-14(20)18-6-3-7-19(9-8-18)15(21)12-5-4-11(16)10-13(12)17/h4-5,10H,2-3,6-9,17H2,1H3. The third-order valence-corrected chi connectivity index (χ3v) is 3.92. The van der Waals surface area contributed by atoms with Gasteiger partial charge in [0.05, 0.1) is 5.56 Å². The zero-order valence-electron chi connectivity index (χ0n) is 12.1. The average Bonchev–Trinajstić information content (AvgIpc) is 2.71. The highest BCUT2D eigenvalue weighted by atomic mass is 35.5. The van der Waals surface area contributed by atoms with Gasteiger partial charge in [0.1, 0.15) is 0 Å². The SMILES string of the molecule is CCC(=O)N1CCCN(C(=O)c2ccc(Cl)cc2N)CC1. The van der Waals surface area contributed by atoms with Crippen LogP contribution in [0.1, 0.15) is 30.1 Å². The highest BCUT2D eigenvalue weighted by Crippen LogP contribution is 2.20. The number of nitrogen functional groups attached to an aromatic ring is 1. The number of benzene rings is 1. The third-order valence-electron chi connectivity index (χ3n) is 3.68. The summed E-state index contributed by atoms with van der Waals surface area (Å²) in [5.41, 5.74) is 6.72. The molecule has 2 rings (SSSR count). The minimum atomic E-state index is -0.102. The van der Waals surface area contributed by atoms with Gasteiger partial charge in [-0.05, 0) is 24.6 Å². The second-order valence-electron chi connectivity index (χ2n) is 5.11. The zero-order chi connectivity index (χ0) is 15.4. The van der Waals surface area contributed by atoms with Crippen molar-refractivity contribution in [3.8, 4) is 0 Å². The van der Waals surface area contributed by atoms with E-state index in [9.17, 15) is 9.59 Å². The lowest BCUT2D eigenvalue weighted by Gasteiger charge is -2.22. The van der Waals surface area contributed by atoms with E-state index in [0.717, 1.165) is 6.42 Å². The Hall–Kier alpha value is -1.75. The summed E-state index contributed by atoms with van der Waals surface area (Å²) in [4.78, 5) is 27.8. The van der Waals surface area contributed by atoms with Gasteiger partial charge in [0.15, 0.2) is 0 Å². The molecule has 0 aromatic heterocycles. The van der Waals surface area contributed by atoms with E-state index < -0.39 is 0 Å². The summed E-state index contributed by atoms with van der Waals surface area (Å²) in [6.45, 7) is 4.30. The van der Waals surface area contributed by atoms with E-state index in [1.54, 1.807) is 23.1 Å². The van der Waals surface area contributed by atoms with E-state index >= 15 is 0 Å². The van der Waals surface area contributed by atoms with E-state index in [1.165, 1.54) is 0 Å². The van der Waals surface area contributed by atoms with Crippen molar-refractivity contribution in [2.24, 2.45) is 0 Å². The van der Waals surface area contributed by atoms with Gasteiger partial charge in [-0.1, -0.05) is 18.5 Å². The Morgan fingerprint density at radius 3 is 2.52 bits per heavy atom. The van der Waals surface area contributed by atoms with Crippen LogP contribution in [0.2, 0.25) is 5.02 Å². The first-order valence-electron chi connectivity index (χ1n) is 7.15. The fraction of sp³-hybridized carbons (Fsp3) is 0.467. The first kappa shape index (κ1) is 15.6. The number of carbonyl (C=O) groups is 2. The minimum Gasteiger partial charge on any atom is -0.398 e. The predicted molar refractivity (Wildman–Crippen MR) is 83.3 cm³/mol. The molecule has 1 fully saturated rings. The van der Waals surface area contributed by atoms with Gasteiger partial charge in [-0.15, -0.1) is 0 Å². The van der Waals surface area contributed by atoms with Gasteiger partial charge in [-0.2, -0.15) is 0 Å². The monoisotopic (exact) mass is 309 g/mol. The Kier molecular flexibility index (Phi) is 5.07. The van der Waals surface area contributed by atoms with E-state index in [2.05, 4.69) is 0 Å². The van der Waals surface area contributed by atoms with Crippen LogP contribution in [0.5, 0.6) is 0 Å². The molecule has 0 unspecified atom stereocenters. The van der Waals surface area contributed by atoms with Crippen LogP contribution < -0.4 is 5.73 Å². The largest absolute Gasteiger partial charge is 0.398 e. The predicted octanol–water partition coefficient (Wildman–Crippen LogP) is 2.01. The lowest BCUT2D eigenvalue weighted by atomic mass is 10.1. The smallest absolute Gasteiger partial charge is 0.256 e. The van der Waals surface area contributed by atoms with Gasteiger partial charge in [0, 0.05) is 43.3 Å². The van der Waals surface area contributed by atoms with Crippen molar-refractivity contribution in [2.75, 3.05) is 31.9 Å². The molecule has 0 radical (unpaired) electrons. The number of hydrogen-bond donors (Lipinski definition) is 1. The fourth-order valence-corrected chi connectivity index (χ4v) is 2.67. The van der Waals surface area contributed by atoms with Crippen LogP contribution in [0.4, 0.5) is 5.69 Å². The Labute approximate surface area is 129 Å². The van der Waals surface area contributed by atoms with Gasteiger partial charge in [0.25, 0.3) is 5.91 Å². The zero-order valence-corrected chi connectivity index (χ0v) is 12.9. The highest BCUT2D eigenvalue weighted by molar-refractivity contribution is 6.31. The number of carbonyl (C=O) groups excluding carboxylic acids is 2. The van der Waals surface area contributed by atoms with Crippen molar-refractivity contribution in [1.82, 2.24) is 9.80 Å². The first-order valence-corrected chi connectivity index (χ1v) is 7.52. The first-order chi connectivity index (χ1) is 10.0. The van der Waals surface area contributed by atoms with Crippen molar-refractivity contribution in [3.63, 3.8) is 0 Å². The Balaban J connectivity index is 2.08. The van der Waals surface area contributed by atoms with Crippen molar-refractivity contribution >= 4 is 29.1 Å². The summed E-state index contributed by atoms with van der Waals surface area (Å²) >= 11 is 5.85. The Morgan fingerprint density at radius 1 is 1.19 bits per heavy atom. The molecule has 114 valence electrons. The van der Waals surface area contributed by atoms with Crippen LogP contribution >= 0.6 is 11.6 Å². The molecule has 1 saturated heterocycles. The average molecular weight is 310 g/mol. The quantitative estimate of drug-likeness (QED) is 0.850.